The molecule has 0 aliphatic rings. The molecule has 108 valence electrons. The second-order valence-corrected chi connectivity index (χ2v) is 5.86. The minimum atomic E-state index is -0.153. The maximum atomic E-state index is 12.3. The first-order valence-electron chi connectivity index (χ1n) is 6.28. The lowest BCUT2D eigenvalue weighted by molar-refractivity contribution is 0.0786. The van der Waals surface area contributed by atoms with Crippen LogP contribution in [0.5, 0.6) is 0 Å². The number of benzene rings is 1. The van der Waals surface area contributed by atoms with E-state index >= 15 is 0 Å². The number of nitrogens with zero attached hydrogens (tertiary/aromatic N) is 1. The van der Waals surface area contributed by atoms with Gasteiger partial charge in [0.25, 0.3) is 5.91 Å². The van der Waals surface area contributed by atoms with Gasteiger partial charge in [-0.05, 0) is 30.3 Å². The third-order valence-electron chi connectivity index (χ3n) is 2.80. The van der Waals surface area contributed by atoms with E-state index in [4.69, 9.17) is 16.7 Å². The van der Waals surface area contributed by atoms with Gasteiger partial charge in [-0.2, -0.15) is 0 Å². The van der Waals surface area contributed by atoms with Crippen LogP contribution in [-0.2, 0) is 6.54 Å². The Labute approximate surface area is 132 Å². The number of amides is 1. The zero-order valence-corrected chi connectivity index (χ0v) is 13.0. The quantitative estimate of drug-likeness (QED) is 0.883. The molecule has 0 unspecified atom stereocenters. The molecule has 0 aliphatic heterocycles. The highest BCUT2D eigenvalue weighted by atomic mass is 35.5. The molecule has 1 aromatic heterocycles. The van der Waals surface area contributed by atoms with E-state index in [2.05, 4.69) is 11.8 Å². The minimum absolute atomic E-state index is 0.0527. The molecule has 0 fully saturated rings. The third kappa shape index (κ3) is 4.33. The predicted molar refractivity (Wildman–Crippen MR) is 85.5 cm³/mol. The van der Waals surface area contributed by atoms with Gasteiger partial charge in [0.05, 0.1) is 6.54 Å². The number of halogens is 1. The van der Waals surface area contributed by atoms with Crippen molar-refractivity contribution in [2.24, 2.45) is 0 Å². The molecule has 0 saturated carbocycles. The van der Waals surface area contributed by atoms with Crippen LogP contribution in [-0.4, -0.2) is 29.6 Å². The molecule has 0 bridgehead atoms. The summed E-state index contributed by atoms with van der Waals surface area (Å²) in [6.07, 6.45) is 0. The molecule has 2 rings (SSSR count). The number of thiophene rings is 1. The molecule has 0 saturated heterocycles. The largest absolute Gasteiger partial charge is 0.384 e. The minimum Gasteiger partial charge on any atom is -0.384 e. The summed E-state index contributed by atoms with van der Waals surface area (Å²) in [5.41, 5.74) is 1.47. The third-order valence-corrected chi connectivity index (χ3v) is 3.97. The fourth-order valence-electron chi connectivity index (χ4n) is 1.79. The van der Waals surface area contributed by atoms with E-state index in [0.717, 1.165) is 10.4 Å². The number of rotatable bonds is 3. The van der Waals surface area contributed by atoms with E-state index < -0.39 is 0 Å². The van der Waals surface area contributed by atoms with Gasteiger partial charge >= 0.3 is 0 Å². The average Bonchev–Trinajstić information content (AvgIpc) is 2.92. The van der Waals surface area contributed by atoms with E-state index in [9.17, 15) is 4.79 Å². The second kappa shape index (κ2) is 7.28. The van der Waals surface area contributed by atoms with Crippen molar-refractivity contribution in [2.45, 2.75) is 6.54 Å². The summed E-state index contributed by atoms with van der Waals surface area (Å²) in [4.78, 5) is 15.0. The molecule has 2 aromatic rings. The van der Waals surface area contributed by atoms with E-state index in [1.807, 2.05) is 11.4 Å². The monoisotopic (exact) mass is 319 g/mol. The normalized spacial score (nSPS) is 9.86. The first-order chi connectivity index (χ1) is 10.1. The number of carbonyl (C=O) groups is 1. The summed E-state index contributed by atoms with van der Waals surface area (Å²) < 4.78 is 0. The Bertz CT molecular complexity index is 682. The average molecular weight is 320 g/mol. The van der Waals surface area contributed by atoms with Gasteiger partial charge in [0.1, 0.15) is 6.61 Å². The van der Waals surface area contributed by atoms with E-state index in [1.165, 1.54) is 0 Å². The van der Waals surface area contributed by atoms with Crippen molar-refractivity contribution < 1.29 is 9.90 Å². The molecule has 5 heteroatoms. The van der Waals surface area contributed by atoms with E-state index in [0.29, 0.717) is 17.1 Å². The summed E-state index contributed by atoms with van der Waals surface area (Å²) in [5.74, 6) is 5.40. The maximum absolute atomic E-state index is 12.3. The Morgan fingerprint density at radius 3 is 2.76 bits per heavy atom. The Morgan fingerprint density at radius 1 is 1.38 bits per heavy atom. The van der Waals surface area contributed by atoms with Crippen molar-refractivity contribution in [3.8, 4) is 11.8 Å². The van der Waals surface area contributed by atoms with Gasteiger partial charge in [-0.15, -0.1) is 11.3 Å². The van der Waals surface area contributed by atoms with Gasteiger partial charge in [0.2, 0.25) is 0 Å². The number of hydrogen-bond acceptors (Lipinski definition) is 3. The molecular formula is C16H14ClNO2S. The highest BCUT2D eigenvalue weighted by Gasteiger charge is 2.12. The Hall–Kier alpha value is -1.80. The van der Waals surface area contributed by atoms with Crippen molar-refractivity contribution in [3.63, 3.8) is 0 Å². The molecule has 0 atom stereocenters. The highest BCUT2D eigenvalue weighted by molar-refractivity contribution is 7.10. The van der Waals surface area contributed by atoms with Crippen molar-refractivity contribution in [1.82, 2.24) is 4.90 Å². The second-order valence-electron chi connectivity index (χ2n) is 4.43. The zero-order chi connectivity index (χ0) is 15.2. The first-order valence-corrected chi connectivity index (χ1v) is 7.54. The summed E-state index contributed by atoms with van der Waals surface area (Å²) in [6.45, 7) is 0.368. The molecule has 0 spiro atoms. The lowest BCUT2D eigenvalue weighted by Crippen LogP contribution is -2.25. The summed E-state index contributed by atoms with van der Waals surface area (Å²) in [7, 11) is 1.76. The van der Waals surface area contributed by atoms with Gasteiger partial charge in [0, 0.05) is 33.5 Å². The summed E-state index contributed by atoms with van der Waals surface area (Å²) >= 11 is 7.36. The lowest BCUT2D eigenvalue weighted by Gasteiger charge is -2.16. The van der Waals surface area contributed by atoms with Crippen molar-refractivity contribution in [1.29, 1.82) is 0 Å². The van der Waals surface area contributed by atoms with Crippen LogP contribution in [0.4, 0.5) is 0 Å². The van der Waals surface area contributed by atoms with Crippen LogP contribution < -0.4 is 0 Å². The predicted octanol–water partition coefficient (Wildman–Crippen LogP) is 3.02. The standard InChI is InChI=1S/C16H14ClNO2S/c1-18(16(20)13-4-6-14(17)7-5-13)10-15-9-12(11-21-15)3-2-8-19/h4-7,9,11,19H,8,10H2,1H3. The van der Waals surface area contributed by atoms with E-state index in [-0.39, 0.29) is 12.5 Å². The molecule has 1 N–H and O–H groups in total. The molecule has 21 heavy (non-hydrogen) atoms. The fraction of sp³-hybridized carbons (Fsp3) is 0.188. The SMILES string of the molecule is CN(Cc1cc(C#CCO)cs1)C(=O)c1ccc(Cl)cc1. The van der Waals surface area contributed by atoms with Gasteiger partial charge in [0.15, 0.2) is 0 Å². The number of aliphatic hydroxyl groups is 1. The Morgan fingerprint density at radius 2 is 2.10 bits per heavy atom. The van der Waals surface area contributed by atoms with Crippen LogP contribution >= 0.6 is 22.9 Å². The highest BCUT2D eigenvalue weighted by Crippen LogP contribution is 2.17. The molecule has 1 aromatic carbocycles. The van der Waals surface area contributed by atoms with Crippen LogP contribution in [0, 0.1) is 11.8 Å². The lowest BCUT2D eigenvalue weighted by atomic mass is 10.2. The van der Waals surface area contributed by atoms with Crippen molar-refractivity contribution >= 4 is 28.8 Å². The van der Waals surface area contributed by atoms with Crippen LogP contribution in [0.2, 0.25) is 5.02 Å². The van der Waals surface area contributed by atoms with Crippen LogP contribution in [0.25, 0.3) is 0 Å². The maximum Gasteiger partial charge on any atom is 0.253 e. The molecule has 3 nitrogen and oxygen atoms in total. The molecule has 0 aliphatic carbocycles. The molecule has 1 heterocycles. The zero-order valence-electron chi connectivity index (χ0n) is 11.5. The fourth-order valence-corrected chi connectivity index (χ4v) is 2.78. The molecular weight excluding hydrogens is 306 g/mol. The molecule has 0 radical (unpaired) electrons. The van der Waals surface area contributed by atoms with Crippen molar-refractivity contribution in [3.05, 3.63) is 56.7 Å². The molecule has 1 amide bonds. The van der Waals surface area contributed by atoms with Crippen molar-refractivity contribution in [2.75, 3.05) is 13.7 Å². The van der Waals surface area contributed by atoms with Gasteiger partial charge in [-0.1, -0.05) is 23.4 Å². The van der Waals surface area contributed by atoms with E-state index in [1.54, 1.807) is 47.5 Å². The summed E-state index contributed by atoms with van der Waals surface area (Å²) in [5, 5.41) is 11.2. The first kappa shape index (κ1) is 15.6. The van der Waals surface area contributed by atoms with Crippen LogP contribution in [0.1, 0.15) is 20.8 Å². The number of carbonyl (C=O) groups excluding carboxylic acids is 1. The van der Waals surface area contributed by atoms with Crippen LogP contribution in [0.15, 0.2) is 35.7 Å². The Balaban J connectivity index is 2.03. The topological polar surface area (TPSA) is 40.5 Å². The van der Waals surface area contributed by atoms with Crippen LogP contribution in [0.3, 0.4) is 0 Å². The summed E-state index contributed by atoms with van der Waals surface area (Å²) in [6, 6.07) is 8.77. The smallest absolute Gasteiger partial charge is 0.253 e. The Kier molecular flexibility index (Phi) is 5.40. The number of aliphatic hydroxyl groups excluding tert-OH is 1. The van der Waals surface area contributed by atoms with Gasteiger partial charge in [-0.3, -0.25) is 4.79 Å². The number of hydrogen-bond donors (Lipinski definition) is 1. The van der Waals surface area contributed by atoms with Gasteiger partial charge in [-0.25, -0.2) is 0 Å². The van der Waals surface area contributed by atoms with Gasteiger partial charge < -0.3 is 10.0 Å².